The first kappa shape index (κ1) is 13.4. The molecule has 1 unspecified atom stereocenters. The second kappa shape index (κ2) is 5.19. The highest BCUT2D eigenvalue weighted by molar-refractivity contribution is 5.95. The molecule has 1 aromatic carbocycles. The van der Waals surface area contributed by atoms with Gasteiger partial charge in [-0.2, -0.15) is 0 Å². The zero-order valence-electron chi connectivity index (χ0n) is 12.2. The van der Waals surface area contributed by atoms with Crippen molar-refractivity contribution in [1.82, 2.24) is 10.2 Å². The molecule has 0 bridgehead atoms. The molecule has 0 spiro atoms. The van der Waals surface area contributed by atoms with Crippen LogP contribution >= 0.6 is 0 Å². The lowest BCUT2D eigenvalue weighted by atomic mass is 10.1. The molecule has 2 fully saturated rings. The lowest BCUT2D eigenvalue weighted by Crippen LogP contribution is -2.32. The molecule has 1 saturated heterocycles. The molecule has 22 heavy (non-hydrogen) atoms. The normalized spacial score (nSPS) is 23.0. The van der Waals surface area contributed by atoms with Gasteiger partial charge in [0.2, 0.25) is 12.7 Å². The number of benzene rings is 1. The van der Waals surface area contributed by atoms with E-state index >= 15 is 0 Å². The summed E-state index contributed by atoms with van der Waals surface area (Å²) in [5, 5.41) is 2.92. The molecule has 4 rings (SSSR count). The number of fused-ring (bicyclic) bond motifs is 1. The first-order valence-corrected chi connectivity index (χ1v) is 7.68. The van der Waals surface area contributed by atoms with E-state index in [-0.39, 0.29) is 24.5 Å². The number of nitrogens with one attached hydrogen (secondary N) is 1. The summed E-state index contributed by atoms with van der Waals surface area (Å²) in [6.07, 6.45) is 2.79. The summed E-state index contributed by atoms with van der Waals surface area (Å²) in [5.41, 5.74) is 0.549. The van der Waals surface area contributed by atoms with Crippen LogP contribution < -0.4 is 14.8 Å². The third kappa shape index (κ3) is 2.49. The van der Waals surface area contributed by atoms with Crippen molar-refractivity contribution in [2.45, 2.75) is 25.3 Å². The summed E-state index contributed by atoms with van der Waals surface area (Å²) in [5.74, 6) is 1.56. The minimum Gasteiger partial charge on any atom is -0.454 e. The van der Waals surface area contributed by atoms with Crippen molar-refractivity contribution in [3.63, 3.8) is 0 Å². The van der Waals surface area contributed by atoms with Crippen LogP contribution in [0.4, 0.5) is 0 Å². The van der Waals surface area contributed by atoms with E-state index in [0.29, 0.717) is 36.1 Å². The highest BCUT2D eigenvalue weighted by atomic mass is 16.7. The van der Waals surface area contributed by atoms with Gasteiger partial charge in [-0.25, -0.2) is 0 Å². The zero-order valence-corrected chi connectivity index (χ0v) is 12.2. The maximum atomic E-state index is 12.2. The second-order valence-corrected chi connectivity index (χ2v) is 6.13. The van der Waals surface area contributed by atoms with Gasteiger partial charge in [-0.3, -0.25) is 9.59 Å². The van der Waals surface area contributed by atoms with Crippen LogP contribution in [0.1, 0.15) is 29.6 Å². The number of carbonyl (C=O) groups excluding carboxylic acids is 2. The zero-order chi connectivity index (χ0) is 15.1. The van der Waals surface area contributed by atoms with Crippen LogP contribution in [-0.4, -0.2) is 42.6 Å². The third-order valence-electron chi connectivity index (χ3n) is 4.41. The van der Waals surface area contributed by atoms with E-state index in [2.05, 4.69) is 5.32 Å². The summed E-state index contributed by atoms with van der Waals surface area (Å²) >= 11 is 0. The lowest BCUT2D eigenvalue weighted by Gasteiger charge is -2.15. The van der Waals surface area contributed by atoms with Crippen LogP contribution in [0.3, 0.4) is 0 Å². The Morgan fingerprint density at radius 1 is 1.27 bits per heavy atom. The minimum absolute atomic E-state index is 0.143. The molecule has 6 heteroatoms. The standard InChI is InChI=1S/C16H18N2O4/c19-15-5-10(8-18(15)12-2-3-12)7-17-16(20)11-1-4-13-14(6-11)22-9-21-13/h1,4,6,10,12H,2-3,5,7-9H2,(H,17,20). The van der Waals surface area contributed by atoms with Crippen molar-refractivity contribution in [3.05, 3.63) is 23.8 Å². The fourth-order valence-corrected chi connectivity index (χ4v) is 3.06. The predicted molar refractivity (Wildman–Crippen MR) is 77.7 cm³/mol. The second-order valence-electron chi connectivity index (χ2n) is 6.13. The van der Waals surface area contributed by atoms with E-state index in [1.807, 2.05) is 4.90 Å². The van der Waals surface area contributed by atoms with E-state index in [1.165, 1.54) is 0 Å². The van der Waals surface area contributed by atoms with Crippen LogP contribution in [0.15, 0.2) is 18.2 Å². The molecular weight excluding hydrogens is 284 g/mol. The maximum absolute atomic E-state index is 12.2. The average Bonchev–Trinajstić information content (AvgIpc) is 3.13. The molecule has 1 aromatic rings. The monoisotopic (exact) mass is 302 g/mol. The van der Waals surface area contributed by atoms with E-state index in [0.717, 1.165) is 19.4 Å². The fraction of sp³-hybridized carbons (Fsp3) is 0.500. The van der Waals surface area contributed by atoms with Gasteiger partial charge in [0, 0.05) is 37.0 Å². The Morgan fingerprint density at radius 3 is 2.91 bits per heavy atom. The van der Waals surface area contributed by atoms with Gasteiger partial charge in [0.15, 0.2) is 11.5 Å². The average molecular weight is 302 g/mol. The summed E-state index contributed by atoms with van der Waals surface area (Å²) in [6, 6.07) is 5.61. The lowest BCUT2D eigenvalue weighted by molar-refractivity contribution is -0.128. The molecule has 0 radical (unpaired) electrons. The molecule has 2 aliphatic heterocycles. The number of rotatable bonds is 4. The van der Waals surface area contributed by atoms with Crippen molar-refractivity contribution in [3.8, 4) is 11.5 Å². The van der Waals surface area contributed by atoms with Gasteiger partial charge in [0.05, 0.1) is 0 Å². The van der Waals surface area contributed by atoms with Crippen molar-refractivity contribution in [1.29, 1.82) is 0 Å². The van der Waals surface area contributed by atoms with Gasteiger partial charge in [-0.05, 0) is 31.0 Å². The Morgan fingerprint density at radius 2 is 2.09 bits per heavy atom. The Balaban J connectivity index is 1.34. The van der Waals surface area contributed by atoms with Crippen molar-refractivity contribution >= 4 is 11.8 Å². The molecule has 3 aliphatic rings. The highest BCUT2D eigenvalue weighted by Gasteiger charge is 2.39. The van der Waals surface area contributed by atoms with Gasteiger partial charge in [-0.15, -0.1) is 0 Å². The van der Waals surface area contributed by atoms with Crippen LogP contribution in [0.2, 0.25) is 0 Å². The van der Waals surface area contributed by atoms with Crippen LogP contribution in [0.5, 0.6) is 11.5 Å². The number of amides is 2. The first-order valence-electron chi connectivity index (χ1n) is 7.68. The highest BCUT2D eigenvalue weighted by Crippen LogP contribution is 2.33. The van der Waals surface area contributed by atoms with Gasteiger partial charge in [0.25, 0.3) is 5.91 Å². The number of nitrogens with zero attached hydrogens (tertiary/aromatic N) is 1. The minimum atomic E-state index is -0.143. The number of hydrogen-bond acceptors (Lipinski definition) is 4. The maximum Gasteiger partial charge on any atom is 0.251 e. The summed E-state index contributed by atoms with van der Waals surface area (Å²) in [4.78, 5) is 26.1. The molecule has 116 valence electrons. The predicted octanol–water partition coefficient (Wildman–Crippen LogP) is 1.16. The van der Waals surface area contributed by atoms with E-state index < -0.39 is 0 Å². The van der Waals surface area contributed by atoms with Gasteiger partial charge in [0.1, 0.15) is 0 Å². The third-order valence-corrected chi connectivity index (χ3v) is 4.41. The van der Waals surface area contributed by atoms with Crippen molar-refractivity contribution in [2.75, 3.05) is 19.9 Å². The molecule has 1 N–H and O–H groups in total. The molecule has 1 saturated carbocycles. The molecular formula is C16H18N2O4. The summed E-state index contributed by atoms with van der Waals surface area (Å²) < 4.78 is 10.5. The van der Waals surface area contributed by atoms with E-state index in [4.69, 9.17) is 9.47 Å². The number of carbonyl (C=O) groups is 2. The molecule has 1 atom stereocenters. The van der Waals surface area contributed by atoms with E-state index in [9.17, 15) is 9.59 Å². The Kier molecular flexibility index (Phi) is 3.17. The largest absolute Gasteiger partial charge is 0.454 e. The summed E-state index contributed by atoms with van der Waals surface area (Å²) in [7, 11) is 0. The smallest absolute Gasteiger partial charge is 0.251 e. The Bertz CT molecular complexity index is 627. The molecule has 2 heterocycles. The van der Waals surface area contributed by atoms with Crippen LogP contribution in [0.25, 0.3) is 0 Å². The van der Waals surface area contributed by atoms with Gasteiger partial charge >= 0.3 is 0 Å². The van der Waals surface area contributed by atoms with Crippen LogP contribution in [-0.2, 0) is 4.79 Å². The first-order chi connectivity index (χ1) is 10.7. The SMILES string of the molecule is O=C(NCC1CC(=O)N(C2CC2)C1)c1ccc2c(c1)OCO2. The molecule has 1 aliphatic carbocycles. The van der Waals surface area contributed by atoms with Crippen molar-refractivity contribution in [2.24, 2.45) is 5.92 Å². The number of ether oxygens (including phenoxy) is 2. The van der Waals surface area contributed by atoms with E-state index in [1.54, 1.807) is 18.2 Å². The topological polar surface area (TPSA) is 67.9 Å². The van der Waals surface area contributed by atoms with Crippen LogP contribution in [0, 0.1) is 5.92 Å². The summed E-state index contributed by atoms with van der Waals surface area (Å²) in [6.45, 7) is 1.49. The van der Waals surface area contributed by atoms with Gasteiger partial charge in [-0.1, -0.05) is 0 Å². The molecule has 0 aromatic heterocycles. The fourth-order valence-electron chi connectivity index (χ4n) is 3.06. The quantitative estimate of drug-likeness (QED) is 0.906. The molecule has 6 nitrogen and oxygen atoms in total. The van der Waals surface area contributed by atoms with Gasteiger partial charge < -0.3 is 19.7 Å². The number of hydrogen-bond donors (Lipinski definition) is 1. The van der Waals surface area contributed by atoms with Crippen molar-refractivity contribution < 1.29 is 19.1 Å². The number of likely N-dealkylation sites (tertiary alicyclic amines) is 1. The Hall–Kier alpha value is -2.24. The Labute approximate surface area is 128 Å². The molecule has 2 amide bonds.